The molecule has 0 bridgehead atoms. The Morgan fingerprint density at radius 2 is 1.90 bits per heavy atom. The van der Waals surface area contributed by atoms with Crippen molar-refractivity contribution in [2.24, 2.45) is 5.92 Å². The van der Waals surface area contributed by atoms with Crippen molar-refractivity contribution in [1.82, 2.24) is 14.9 Å². The van der Waals surface area contributed by atoms with Crippen LogP contribution in [0.5, 0.6) is 11.5 Å². The number of carbonyl (C=O) groups is 1. The van der Waals surface area contributed by atoms with Crippen molar-refractivity contribution < 1.29 is 27.4 Å². The Kier molecular flexibility index (Phi) is 6.36. The number of rotatable bonds is 5. The Labute approximate surface area is 171 Å². The smallest absolute Gasteiger partial charge is 0.471 e. The Morgan fingerprint density at radius 3 is 2.52 bits per heavy atom. The van der Waals surface area contributed by atoms with Gasteiger partial charge < -0.3 is 14.4 Å². The second kappa shape index (κ2) is 8.61. The highest BCUT2D eigenvalue weighted by molar-refractivity contribution is 6.34. The maximum absolute atomic E-state index is 12.6. The van der Waals surface area contributed by atoms with Gasteiger partial charge in [-0.3, -0.25) is 4.79 Å². The molecule has 0 N–H and O–H groups in total. The topological polar surface area (TPSA) is 64.6 Å². The molecule has 3 rings (SSSR count). The second-order valence-electron chi connectivity index (χ2n) is 7.08. The first-order chi connectivity index (χ1) is 13.7. The molecule has 1 amide bonds. The van der Waals surface area contributed by atoms with Gasteiger partial charge in [-0.1, -0.05) is 11.6 Å². The summed E-state index contributed by atoms with van der Waals surface area (Å²) in [5, 5.41) is 0.946. The first-order valence-corrected chi connectivity index (χ1v) is 9.53. The molecule has 10 heteroatoms. The fourth-order valence-electron chi connectivity index (χ4n) is 3.58. The molecule has 0 atom stereocenters. The molecule has 0 radical (unpaired) electrons. The summed E-state index contributed by atoms with van der Waals surface area (Å²) in [7, 11) is 2.73. The van der Waals surface area contributed by atoms with Crippen LogP contribution in [0.25, 0.3) is 10.9 Å². The minimum atomic E-state index is -4.84. The number of halogens is 4. The van der Waals surface area contributed by atoms with Gasteiger partial charge in [-0.2, -0.15) is 13.2 Å². The van der Waals surface area contributed by atoms with Gasteiger partial charge in [0.15, 0.2) is 11.5 Å². The summed E-state index contributed by atoms with van der Waals surface area (Å²) in [6.07, 6.45) is -1.14. The van der Waals surface area contributed by atoms with E-state index < -0.39 is 18.1 Å². The molecule has 1 heterocycles. The van der Waals surface area contributed by atoms with Crippen LogP contribution >= 0.6 is 11.6 Å². The van der Waals surface area contributed by atoms with Gasteiger partial charge in [0.2, 0.25) is 0 Å². The number of hydrogen-bond acceptors (Lipinski definition) is 5. The van der Waals surface area contributed by atoms with Crippen molar-refractivity contribution in [1.29, 1.82) is 0 Å². The van der Waals surface area contributed by atoms with E-state index in [4.69, 9.17) is 21.1 Å². The molecule has 1 aromatic heterocycles. The van der Waals surface area contributed by atoms with Gasteiger partial charge in [0.05, 0.1) is 19.2 Å². The Bertz CT molecular complexity index is 886. The van der Waals surface area contributed by atoms with Gasteiger partial charge in [-0.25, -0.2) is 9.97 Å². The molecule has 0 unspecified atom stereocenters. The van der Waals surface area contributed by atoms with E-state index in [0.717, 1.165) is 4.90 Å². The van der Waals surface area contributed by atoms with Gasteiger partial charge >= 0.3 is 12.1 Å². The van der Waals surface area contributed by atoms with Crippen LogP contribution in [0.1, 0.15) is 25.7 Å². The summed E-state index contributed by atoms with van der Waals surface area (Å²) in [6, 6.07) is 3.02. The van der Waals surface area contributed by atoms with E-state index in [-0.39, 0.29) is 5.92 Å². The van der Waals surface area contributed by atoms with Gasteiger partial charge in [0.1, 0.15) is 11.5 Å². The van der Waals surface area contributed by atoms with Crippen molar-refractivity contribution >= 4 is 28.4 Å². The van der Waals surface area contributed by atoms with E-state index in [9.17, 15) is 18.0 Å². The van der Waals surface area contributed by atoms with Crippen LogP contribution in [0.2, 0.25) is 5.15 Å². The van der Waals surface area contributed by atoms with E-state index in [2.05, 4.69) is 9.97 Å². The van der Waals surface area contributed by atoms with Gasteiger partial charge in [0.25, 0.3) is 0 Å². The summed E-state index contributed by atoms with van der Waals surface area (Å²) in [5.41, 5.74) is 0.632. The van der Waals surface area contributed by atoms with Gasteiger partial charge in [-0.05, 0) is 37.7 Å². The Balaban J connectivity index is 1.61. The van der Waals surface area contributed by atoms with Crippen molar-refractivity contribution in [2.75, 3.05) is 20.8 Å². The molecule has 6 nitrogen and oxygen atoms in total. The average molecular weight is 432 g/mol. The highest BCUT2D eigenvalue weighted by Crippen LogP contribution is 2.35. The zero-order chi connectivity index (χ0) is 21.2. The number of fused-ring (bicyclic) bond motifs is 1. The summed E-state index contributed by atoms with van der Waals surface area (Å²) in [5.74, 6) is -0.611. The van der Waals surface area contributed by atoms with E-state index in [1.54, 1.807) is 12.1 Å². The number of aromatic nitrogens is 2. The van der Waals surface area contributed by atoms with Crippen molar-refractivity contribution in [2.45, 2.75) is 37.9 Å². The number of nitrogens with zero attached hydrogens (tertiary/aromatic N) is 3. The van der Waals surface area contributed by atoms with Crippen LogP contribution in [0.4, 0.5) is 13.2 Å². The first kappa shape index (κ1) is 21.4. The molecule has 29 heavy (non-hydrogen) atoms. The van der Waals surface area contributed by atoms with Crippen LogP contribution < -0.4 is 9.47 Å². The SMILES string of the molecule is COc1cc2ncnc(Cl)c2cc1OCC1CCC(N(C)C(=O)C(F)(F)F)CC1. The largest absolute Gasteiger partial charge is 0.493 e. The molecular formula is C19H21ClF3N3O3. The van der Waals surface area contributed by atoms with E-state index in [1.165, 1.54) is 20.5 Å². The lowest BCUT2D eigenvalue weighted by molar-refractivity contribution is -0.186. The molecule has 0 saturated heterocycles. The summed E-state index contributed by atoms with van der Waals surface area (Å²) < 4.78 is 49.1. The summed E-state index contributed by atoms with van der Waals surface area (Å²) in [6.45, 7) is 0.386. The quantitative estimate of drug-likeness (QED) is 0.662. The average Bonchev–Trinajstić information content (AvgIpc) is 2.70. The third-order valence-corrected chi connectivity index (χ3v) is 5.57. The molecule has 1 aromatic carbocycles. The summed E-state index contributed by atoms with van der Waals surface area (Å²) in [4.78, 5) is 20.3. The van der Waals surface area contributed by atoms with Crippen LogP contribution in [-0.2, 0) is 4.79 Å². The predicted octanol–water partition coefficient (Wildman–Crippen LogP) is 4.25. The normalized spacial score (nSPS) is 19.8. The van der Waals surface area contributed by atoms with E-state index >= 15 is 0 Å². The number of ether oxygens (including phenoxy) is 2. The monoisotopic (exact) mass is 431 g/mol. The highest BCUT2D eigenvalue weighted by atomic mass is 35.5. The zero-order valence-electron chi connectivity index (χ0n) is 16.0. The lowest BCUT2D eigenvalue weighted by Gasteiger charge is -2.34. The van der Waals surface area contributed by atoms with Crippen LogP contribution in [0, 0.1) is 5.92 Å². The van der Waals surface area contributed by atoms with Crippen molar-refractivity contribution in [3.05, 3.63) is 23.6 Å². The highest BCUT2D eigenvalue weighted by Gasteiger charge is 2.43. The lowest BCUT2D eigenvalue weighted by Crippen LogP contribution is -2.46. The molecular weight excluding hydrogens is 411 g/mol. The maximum Gasteiger partial charge on any atom is 0.471 e. The molecule has 2 aromatic rings. The second-order valence-corrected chi connectivity index (χ2v) is 7.44. The van der Waals surface area contributed by atoms with Gasteiger partial charge in [-0.15, -0.1) is 0 Å². The number of methoxy groups -OCH3 is 1. The van der Waals surface area contributed by atoms with Gasteiger partial charge in [0, 0.05) is 24.5 Å². The fraction of sp³-hybridized carbons (Fsp3) is 0.526. The van der Waals surface area contributed by atoms with E-state index in [1.807, 2.05) is 0 Å². The molecule has 158 valence electrons. The minimum Gasteiger partial charge on any atom is -0.493 e. The first-order valence-electron chi connectivity index (χ1n) is 9.15. The Hall–Kier alpha value is -2.29. The lowest BCUT2D eigenvalue weighted by atomic mass is 9.86. The molecule has 1 saturated carbocycles. The third kappa shape index (κ3) is 4.83. The number of carbonyl (C=O) groups excluding carboxylic acids is 1. The zero-order valence-corrected chi connectivity index (χ0v) is 16.8. The molecule has 0 spiro atoms. The minimum absolute atomic E-state index is 0.170. The van der Waals surface area contributed by atoms with E-state index in [0.29, 0.717) is 59.8 Å². The molecule has 1 aliphatic rings. The maximum atomic E-state index is 12.6. The number of benzene rings is 1. The van der Waals surface area contributed by atoms with Crippen LogP contribution in [0.15, 0.2) is 18.5 Å². The number of hydrogen-bond donors (Lipinski definition) is 0. The van der Waals surface area contributed by atoms with Crippen molar-refractivity contribution in [3.8, 4) is 11.5 Å². The number of alkyl halides is 3. The molecule has 0 aliphatic heterocycles. The molecule has 1 aliphatic carbocycles. The van der Waals surface area contributed by atoms with Crippen molar-refractivity contribution in [3.63, 3.8) is 0 Å². The fourth-order valence-corrected chi connectivity index (χ4v) is 3.77. The standard InChI is InChI=1S/C19H21ClF3N3O3/c1-26(18(27)19(21,22)23)12-5-3-11(4-6-12)9-29-16-7-13-14(8-15(16)28-2)24-10-25-17(13)20/h7-8,10-12H,3-6,9H2,1-2H3. The molecule has 1 fully saturated rings. The van der Waals surface area contributed by atoms with Crippen LogP contribution in [0.3, 0.4) is 0 Å². The Morgan fingerprint density at radius 1 is 1.21 bits per heavy atom. The third-order valence-electron chi connectivity index (χ3n) is 5.27. The summed E-state index contributed by atoms with van der Waals surface area (Å²) >= 11 is 6.12. The number of amides is 1. The predicted molar refractivity (Wildman–Crippen MR) is 101 cm³/mol. The van der Waals surface area contributed by atoms with Crippen LogP contribution in [-0.4, -0.2) is 53.8 Å².